The van der Waals surface area contributed by atoms with Crippen molar-refractivity contribution in [2.45, 2.75) is 0 Å². The molecule has 18 aromatic carbocycles. The molecule has 0 aliphatic heterocycles. The Labute approximate surface area is 655 Å². The zero-order valence-corrected chi connectivity index (χ0v) is 63.8. The molecule has 0 aliphatic carbocycles. The standard InChI is InChI=1S/C108H76N2Si2/c1-6-27-86(28-7-1)111(87-29-8-2-9-30-87,88-31-10-3-11-32-88)92-73-63-82(64-74-92)106-97-39-16-18-41-99(97)107(100-42-19-17-40-98(100)106)83-65-75-93(76-66-83)112(89-33-12-4-13-34-89,90-35-14-5-15-36-90)91-71-61-81(62-72-91)94-44-26-48-105-108(94)101-43-22-25-47-104(101)110(105)85-69-59-80(60-70-85)56-54-78-51-49-77(50-52-78)53-55-79-57-67-84(68-58-79)109-102-45-23-20-37-95(102)96-38-21-24-46-103(96)109/h1-76H/b55-53+,56-54+. The van der Waals surface area contributed by atoms with Gasteiger partial charge in [0.25, 0.3) is 0 Å². The summed E-state index contributed by atoms with van der Waals surface area (Å²) in [7, 11) is -5.74. The molecule has 526 valence electrons. The average Bonchev–Trinajstić information content (AvgIpc) is 1.12. The minimum absolute atomic E-state index is 1.12. The van der Waals surface area contributed by atoms with Crippen LogP contribution < -0.4 is 41.5 Å². The van der Waals surface area contributed by atoms with Crippen molar-refractivity contribution < 1.29 is 0 Å². The van der Waals surface area contributed by atoms with E-state index in [0.29, 0.717) is 0 Å². The highest BCUT2D eigenvalue weighted by Crippen LogP contribution is 2.45. The summed E-state index contributed by atoms with van der Waals surface area (Å²) >= 11 is 0. The molecule has 2 heterocycles. The van der Waals surface area contributed by atoms with Crippen LogP contribution in [-0.4, -0.2) is 25.3 Å². The number of fused-ring (bicyclic) bond motifs is 8. The predicted octanol–water partition coefficient (Wildman–Crippen LogP) is 22.3. The maximum Gasteiger partial charge on any atom is 0.179 e. The molecule has 0 unspecified atom stereocenters. The normalized spacial score (nSPS) is 12.0. The summed E-state index contributed by atoms with van der Waals surface area (Å²) in [4.78, 5) is 0. The minimum Gasteiger partial charge on any atom is -0.309 e. The van der Waals surface area contributed by atoms with E-state index in [9.17, 15) is 0 Å². The van der Waals surface area contributed by atoms with E-state index in [4.69, 9.17) is 0 Å². The lowest BCUT2D eigenvalue weighted by Gasteiger charge is -2.34. The molecule has 2 nitrogen and oxygen atoms in total. The van der Waals surface area contributed by atoms with Gasteiger partial charge in [0.15, 0.2) is 16.1 Å². The lowest BCUT2D eigenvalue weighted by molar-refractivity contribution is 1.18. The van der Waals surface area contributed by atoms with Gasteiger partial charge in [-0.2, -0.15) is 0 Å². The molecule has 0 saturated carbocycles. The lowest BCUT2D eigenvalue weighted by Crippen LogP contribution is -2.74. The molecule has 0 amide bonds. The third-order valence-electron chi connectivity index (χ3n) is 23.3. The van der Waals surface area contributed by atoms with E-state index in [-0.39, 0.29) is 0 Å². The van der Waals surface area contributed by atoms with Crippen LogP contribution in [0.25, 0.3) is 134 Å². The maximum atomic E-state index is 2.46. The zero-order chi connectivity index (χ0) is 74.4. The predicted molar refractivity (Wildman–Crippen MR) is 484 cm³/mol. The molecular weight excluding hydrogens is 1380 g/mol. The Kier molecular flexibility index (Phi) is 17.4. The van der Waals surface area contributed by atoms with E-state index in [1.54, 1.807) is 0 Å². The molecular formula is C108H76N2Si2. The van der Waals surface area contributed by atoms with Crippen molar-refractivity contribution >= 4 is 147 Å². The molecule has 0 N–H and O–H groups in total. The van der Waals surface area contributed by atoms with Gasteiger partial charge >= 0.3 is 0 Å². The van der Waals surface area contributed by atoms with Gasteiger partial charge in [-0.3, -0.25) is 0 Å². The van der Waals surface area contributed by atoms with Gasteiger partial charge in [-0.05, 0) is 167 Å². The Hall–Kier alpha value is -14.0. The molecule has 112 heavy (non-hydrogen) atoms. The van der Waals surface area contributed by atoms with Crippen molar-refractivity contribution in [3.8, 4) is 44.8 Å². The highest BCUT2D eigenvalue weighted by molar-refractivity contribution is 7.20. The molecule has 20 aromatic rings. The molecule has 2 aromatic heterocycles. The topological polar surface area (TPSA) is 9.86 Å². The second-order valence-corrected chi connectivity index (χ2v) is 37.0. The van der Waals surface area contributed by atoms with Crippen LogP contribution in [0.2, 0.25) is 0 Å². The molecule has 0 fully saturated rings. The van der Waals surface area contributed by atoms with Crippen molar-refractivity contribution in [1.29, 1.82) is 0 Å². The fraction of sp³-hybridized carbons (Fsp3) is 0. The Morgan fingerprint density at radius 3 is 0.741 bits per heavy atom. The number of para-hydroxylation sites is 3. The van der Waals surface area contributed by atoms with Gasteiger partial charge in [0.1, 0.15) is 0 Å². The molecule has 4 heteroatoms. The number of hydrogen-bond donors (Lipinski definition) is 0. The van der Waals surface area contributed by atoms with Gasteiger partial charge in [-0.15, -0.1) is 0 Å². The third kappa shape index (κ3) is 11.6. The number of aromatic nitrogens is 2. The van der Waals surface area contributed by atoms with E-state index >= 15 is 0 Å². The van der Waals surface area contributed by atoms with E-state index in [1.807, 2.05) is 0 Å². The summed E-state index contributed by atoms with van der Waals surface area (Å²) in [6.07, 6.45) is 8.80. The van der Waals surface area contributed by atoms with E-state index in [0.717, 1.165) is 33.6 Å². The van der Waals surface area contributed by atoms with Gasteiger partial charge in [0, 0.05) is 32.9 Å². The Morgan fingerprint density at radius 2 is 0.411 bits per heavy atom. The molecule has 0 radical (unpaired) electrons. The molecule has 0 aliphatic rings. The summed E-state index contributed by atoms with van der Waals surface area (Å²) in [5.41, 5.74) is 19.0. The SMILES string of the molecule is C(=C\c1ccc(-n2c3ccccc3c3ccccc32)cc1)/c1ccc(/C=C/c2ccc(-n3c4ccccc4c4c(-c5ccc([Si](c6ccccc6)(c6ccccc6)c6ccc(-c7c8ccccc8c(-c8ccc([Si](c9ccccc9)(c9ccccc9)c9ccccc9)cc8)c8ccccc78)cc6)cc5)cccc43)cc2)cc1. The number of nitrogens with zero attached hydrogens (tertiary/aromatic N) is 2. The first-order chi connectivity index (χ1) is 55.6. The van der Waals surface area contributed by atoms with Crippen molar-refractivity contribution in [2.24, 2.45) is 0 Å². The Balaban J connectivity index is 0.604. The van der Waals surface area contributed by atoms with Crippen LogP contribution in [-0.2, 0) is 0 Å². The van der Waals surface area contributed by atoms with Gasteiger partial charge in [0.2, 0.25) is 0 Å². The highest BCUT2D eigenvalue weighted by atomic mass is 28.3. The van der Waals surface area contributed by atoms with Crippen LogP contribution in [0.5, 0.6) is 0 Å². The average molecular weight is 1460 g/mol. The van der Waals surface area contributed by atoms with Gasteiger partial charge in [-0.1, -0.05) is 413 Å². The number of hydrogen-bond acceptors (Lipinski definition) is 0. The van der Waals surface area contributed by atoms with Crippen molar-refractivity contribution in [3.63, 3.8) is 0 Å². The van der Waals surface area contributed by atoms with Crippen molar-refractivity contribution in [2.75, 3.05) is 0 Å². The van der Waals surface area contributed by atoms with Crippen LogP contribution in [0.4, 0.5) is 0 Å². The second-order valence-electron chi connectivity index (χ2n) is 29.3. The van der Waals surface area contributed by atoms with Gasteiger partial charge in [0.05, 0.1) is 22.1 Å². The summed E-state index contributed by atoms with van der Waals surface area (Å²) in [5, 5.41) is 20.7. The Bertz CT molecular complexity index is 6650. The first-order valence-electron chi connectivity index (χ1n) is 38.8. The first kappa shape index (κ1) is 67.4. The monoisotopic (exact) mass is 1460 g/mol. The second kappa shape index (κ2) is 28.9. The summed E-state index contributed by atoms with van der Waals surface area (Å²) in [5.74, 6) is 0. The summed E-state index contributed by atoms with van der Waals surface area (Å²) < 4.78 is 4.80. The van der Waals surface area contributed by atoms with Crippen LogP contribution >= 0.6 is 0 Å². The minimum atomic E-state index is -3.00. The lowest BCUT2D eigenvalue weighted by atomic mass is 9.86. The van der Waals surface area contributed by atoms with E-state index < -0.39 is 16.1 Å². The quantitative estimate of drug-likeness (QED) is 0.0372. The van der Waals surface area contributed by atoms with Crippen molar-refractivity contribution in [1.82, 2.24) is 9.13 Å². The van der Waals surface area contributed by atoms with E-state index in [2.05, 4.69) is 470 Å². The summed E-state index contributed by atoms with van der Waals surface area (Å²) in [6.45, 7) is 0. The Morgan fingerprint density at radius 1 is 0.170 bits per heavy atom. The van der Waals surface area contributed by atoms with Crippen LogP contribution in [0.15, 0.2) is 437 Å². The maximum absolute atomic E-state index is 3.00. The molecule has 0 saturated heterocycles. The van der Waals surface area contributed by atoms with Crippen LogP contribution in [0.1, 0.15) is 22.3 Å². The zero-order valence-electron chi connectivity index (χ0n) is 61.8. The molecule has 0 spiro atoms. The van der Waals surface area contributed by atoms with Crippen LogP contribution in [0.3, 0.4) is 0 Å². The van der Waals surface area contributed by atoms with Gasteiger partial charge in [-0.25, -0.2) is 0 Å². The molecule has 0 bridgehead atoms. The first-order valence-corrected chi connectivity index (χ1v) is 42.8. The smallest absolute Gasteiger partial charge is 0.179 e. The van der Waals surface area contributed by atoms with Gasteiger partial charge < -0.3 is 9.13 Å². The summed E-state index contributed by atoms with van der Waals surface area (Å²) in [6, 6.07) is 163. The fourth-order valence-corrected chi connectivity index (χ4v) is 27.6. The number of benzene rings is 18. The third-order valence-corrected chi connectivity index (χ3v) is 32.9. The highest BCUT2D eigenvalue weighted by Gasteiger charge is 2.43. The van der Waals surface area contributed by atoms with Crippen LogP contribution in [0, 0.1) is 0 Å². The number of rotatable bonds is 17. The largest absolute Gasteiger partial charge is 0.309 e. The fourth-order valence-electron chi connectivity index (χ4n) is 18.2. The van der Waals surface area contributed by atoms with E-state index in [1.165, 1.54) is 140 Å². The molecule has 20 rings (SSSR count). The molecule has 0 atom stereocenters. The van der Waals surface area contributed by atoms with Crippen molar-refractivity contribution in [3.05, 3.63) is 459 Å².